The number of carbonyl (C=O) groups excluding carboxylic acids is 2. The molecule has 0 bridgehead atoms. The second-order valence-electron chi connectivity index (χ2n) is 9.57. The van der Waals surface area contributed by atoms with Crippen molar-refractivity contribution in [2.24, 2.45) is 0 Å². The molecule has 200 valence electrons. The Morgan fingerprint density at radius 2 is 1.68 bits per heavy atom. The molecule has 1 aliphatic rings. The molecular formula is C30H31BrCl2N2O2S. The van der Waals surface area contributed by atoms with Gasteiger partial charge in [-0.15, -0.1) is 11.8 Å². The Morgan fingerprint density at radius 1 is 0.974 bits per heavy atom. The quantitative estimate of drug-likeness (QED) is 0.236. The molecule has 1 N–H and O–H groups in total. The van der Waals surface area contributed by atoms with E-state index in [4.69, 9.17) is 23.2 Å². The van der Waals surface area contributed by atoms with E-state index in [1.807, 2.05) is 60.7 Å². The molecule has 2 amide bonds. The van der Waals surface area contributed by atoms with Crippen molar-refractivity contribution < 1.29 is 9.59 Å². The first-order valence-electron chi connectivity index (χ1n) is 12.8. The summed E-state index contributed by atoms with van der Waals surface area (Å²) in [4.78, 5) is 29.2. The van der Waals surface area contributed by atoms with Crippen LogP contribution < -0.4 is 5.32 Å². The van der Waals surface area contributed by atoms with Gasteiger partial charge in [0.05, 0.1) is 5.75 Å². The van der Waals surface area contributed by atoms with E-state index in [1.54, 1.807) is 17.0 Å². The van der Waals surface area contributed by atoms with E-state index in [0.717, 1.165) is 46.8 Å². The van der Waals surface area contributed by atoms with Gasteiger partial charge in [-0.2, -0.15) is 0 Å². The number of benzene rings is 3. The van der Waals surface area contributed by atoms with E-state index in [2.05, 4.69) is 21.2 Å². The predicted molar refractivity (Wildman–Crippen MR) is 162 cm³/mol. The molecule has 1 aliphatic carbocycles. The van der Waals surface area contributed by atoms with Gasteiger partial charge in [-0.05, 0) is 53.8 Å². The lowest BCUT2D eigenvalue weighted by atomic mass is 10.0. The van der Waals surface area contributed by atoms with Crippen LogP contribution in [0.2, 0.25) is 10.0 Å². The van der Waals surface area contributed by atoms with Gasteiger partial charge in [-0.1, -0.05) is 101 Å². The van der Waals surface area contributed by atoms with Gasteiger partial charge < -0.3 is 10.2 Å². The second-order valence-corrected chi connectivity index (χ2v) is 12.3. The minimum absolute atomic E-state index is 0.0782. The van der Waals surface area contributed by atoms with Crippen molar-refractivity contribution in [2.45, 2.75) is 56.5 Å². The maximum absolute atomic E-state index is 13.8. The maximum atomic E-state index is 13.8. The highest BCUT2D eigenvalue weighted by atomic mass is 79.9. The monoisotopic (exact) mass is 632 g/mol. The first-order valence-corrected chi connectivity index (χ1v) is 15.5. The Morgan fingerprint density at radius 3 is 2.37 bits per heavy atom. The molecule has 3 aromatic carbocycles. The molecular weight excluding hydrogens is 603 g/mol. The zero-order valence-electron chi connectivity index (χ0n) is 21.0. The van der Waals surface area contributed by atoms with Gasteiger partial charge in [0, 0.05) is 39.3 Å². The number of hydrogen-bond donors (Lipinski definition) is 1. The Bertz CT molecular complexity index is 1220. The molecule has 0 radical (unpaired) electrons. The number of halogens is 3. The number of carbonyl (C=O) groups is 2. The Hall–Kier alpha value is -1.99. The topological polar surface area (TPSA) is 49.4 Å². The van der Waals surface area contributed by atoms with Crippen LogP contribution in [0.3, 0.4) is 0 Å². The van der Waals surface area contributed by atoms with Crippen LogP contribution in [-0.2, 0) is 28.3 Å². The fourth-order valence-electron chi connectivity index (χ4n) is 4.68. The van der Waals surface area contributed by atoms with E-state index in [-0.39, 0.29) is 23.6 Å². The maximum Gasteiger partial charge on any atom is 0.243 e. The highest BCUT2D eigenvalue weighted by molar-refractivity contribution is 9.10. The van der Waals surface area contributed by atoms with Gasteiger partial charge >= 0.3 is 0 Å². The summed E-state index contributed by atoms with van der Waals surface area (Å²) in [5.41, 5.74) is 2.92. The number of nitrogens with one attached hydrogen (secondary N) is 1. The molecule has 3 aromatic rings. The Kier molecular flexibility index (Phi) is 11.0. The van der Waals surface area contributed by atoms with Crippen molar-refractivity contribution in [3.05, 3.63) is 104 Å². The first-order chi connectivity index (χ1) is 18.4. The summed E-state index contributed by atoms with van der Waals surface area (Å²) in [5.74, 6) is 0.644. The molecule has 0 aliphatic heterocycles. The van der Waals surface area contributed by atoms with Crippen LogP contribution in [0.1, 0.15) is 42.4 Å². The smallest absolute Gasteiger partial charge is 0.243 e. The van der Waals surface area contributed by atoms with Crippen LogP contribution in [0, 0.1) is 0 Å². The molecule has 1 atom stereocenters. The summed E-state index contributed by atoms with van der Waals surface area (Å²) in [7, 11) is 0. The van der Waals surface area contributed by atoms with Crippen molar-refractivity contribution >= 4 is 62.7 Å². The zero-order valence-corrected chi connectivity index (χ0v) is 25.0. The standard InChI is InChI=1S/C30H31BrCl2N2O2S/c31-24-13-10-22(11-14-24)18-35(29(36)20-38-19-23-12-15-25(32)17-27(23)33)28(16-21-6-2-1-3-7-21)30(37)34-26-8-4-5-9-26/h1-3,6-7,10-15,17,26,28H,4-5,8-9,16,18-20H2,(H,34,37)/t28-/m1/s1. The number of amides is 2. The van der Waals surface area contributed by atoms with Gasteiger partial charge in [0.15, 0.2) is 0 Å². The predicted octanol–water partition coefficient (Wildman–Crippen LogP) is 7.69. The van der Waals surface area contributed by atoms with Gasteiger partial charge in [0.25, 0.3) is 0 Å². The molecule has 0 spiro atoms. The van der Waals surface area contributed by atoms with Crippen molar-refractivity contribution in [3.63, 3.8) is 0 Å². The summed E-state index contributed by atoms with van der Waals surface area (Å²) in [6, 6.07) is 22.7. The second kappa shape index (κ2) is 14.4. The SMILES string of the molecule is O=C(NC1CCCC1)[C@@H](Cc1ccccc1)N(Cc1ccc(Br)cc1)C(=O)CSCc1ccc(Cl)cc1Cl. The van der Waals surface area contributed by atoms with E-state index in [0.29, 0.717) is 28.8 Å². The van der Waals surface area contributed by atoms with E-state index >= 15 is 0 Å². The highest BCUT2D eigenvalue weighted by Crippen LogP contribution is 2.26. The fraction of sp³-hybridized carbons (Fsp3) is 0.333. The molecule has 0 heterocycles. The van der Waals surface area contributed by atoms with Crippen LogP contribution >= 0.6 is 50.9 Å². The third-order valence-corrected chi connectivity index (χ3v) is 8.82. The average Bonchev–Trinajstić information content (AvgIpc) is 3.42. The van der Waals surface area contributed by atoms with Crippen molar-refractivity contribution in [2.75, 3.05) is 5.75 Å². The number of nitrogens with zero attached hydrogens (tertiary/aromatic N) is 1. The number of rotatable bonds is 11. The lowest BCUT2D eigenvalue weighted by molar-refractivity contribution is -0.139. The molecule has 0 aromatic heterocycles. The van der Waals surface area contributed by atoms with E-state index < -0.39 is 6.04 Å². The van der Waals surface area contributed by atoms with Crippen LogP contribution in [0.5, 0.6) is 0 Å². The van der Waals surface area contributed by atoms with Crippen LogP contribution in [0.15, 0.2) is 77.3 Å². The lowest BCUT2D eigenvalue weighted by Crippen LogP contribution is -2.52. The summed E-state index contributed by atoms with van der Waals surface area (Å²) in [6.45, 7) is 0.351. The first kappa shape index (κ1) is 29.0. The summed E-state index contributed by atoms with van der Waals surface area (Å²) in [6.07, 6.45) is 4.68. The van der Waals surface area contributed by atoms with Crippen molar-refractivity contribution in [1.82, 2.24) is 10.2 Å². The molecule has 1 fully saturated rings. The molecule has 1 saturated carbocycles. The fourth-order valence-corrected chi connectivity index (χ4v) is 6.41. The zero-order chi connectivity index (χ0) is 26.9. The molecule has 4 rings (SSSR count). The minimum atomic E-state index is -0.617. The molecule has 0 unspecified atom stereocenters. The van der Waals surface area contributed by atoms with Crippen LogP contribution in [-0.4, -0.2) is 34.6 Å². The number of hydrogen-bond acceptors (Lipinski definition) is 3. The van der Waals surface area contributed by atoms with Gasteiger partial charge in [-0.3, -0.25) is 9.59 Å². The van der Waals surface area contributed by atoms with Gasteiger partial charge in [0.1, 0.15) is 6.04 Å². The van der Waals surface area contributed by atoms with Crippen LogP contribution in [0.25, 0.3) is 0 Å². The van der Waals surface area contributed by atoms with E-state index in [9.17, 15) is 9.59 Å². The summed E-state index contributed by atoms with van der Waals surface area (Å²) in [5, 5.41) is 4.41. The van der Waals surface area contributed by atoms with Crippen molar-refractivity contribution in [1.29, 1.82) is 0 Å². The van der Waals surface area contributed by atoms with Gasteiger partial charge in [-0.25, -0.2) is 0 Å². The molecule has 0 saturated heterocycles. The number of thioether (sulfide) groups is 1. The molecule has 4 nitrogen and oxygen atoms in total. The molecule has 8 heteroatoms. The highest BCUT2D eigenvalue weighted by Gasteiger charge is 2.32. The molecule has 38 heavy (non-hydrogen) atoms. The summed E-state index contributed by atoms with van der Waals surface area (Å²) >= 11 is 17.3. The third-order valence-electron chi connectivity index (χ3n) is 6.74. The minimum Gasteiger partial charge on any atom is -0.352 e. The van der Waals surface area contributed by atoms with Crippen LogP contribution in [0.4, 0.5) is 0 Å². The lowest BCUT2D eigenvalue weighted by Gasteiger charge is -2.32. The summed E-state index contributed by atoms with van der Waals surface area (Å²) < 4.78 is 0.967. The Balaban J connectivity index is 1.56. The largest absolute Gasteiger partial charge is 0.352 e. The third kappa shape index (κ3) is 8.51. The van der Waals surface area contributed by atoms with E-state index in [1.165, 1.54) is 11.8 Å². The van der Waals surface area contributed by atoms with Crippen molar-refractivity contribution in [3.8, 4) is 0 Å². The Labute approximate surface area is 247 Å². The normalized spacial score (nSPS) is 14.3. The van der Waals surface area contributed by atoms with Gasteiger partial charge in [0.2, 0.25) is 11.8 Å². The average molecular weight is 634 g/mol.